The number of amides is 2. The number of nitrogens with zero attached hydrogens (tertiary/aromatic N) is 3. The van der Waals surface area contributed by atoms with Gasteiger partial charge in [-0.15, -0.1) is 11.3 Å². The molecule has 128 valence electrons. The van der Waals surface area contributed by atoms with Crippen LogP contribution in [0, 0.1) is 0 Å². The highest BCUT2D eigenvalue weighted by atomic mass is 32.1. The summed E-state index contributed by atoms with van der Waals surface area (Å²) >= 11 is 1.38. The highest BCUT2D eigenvalue weighted by Gasteiger charge is 2.13. The number of rotatable bonds is 6. The van der Waals surface area contributed by atoms with Gasteiger partial charge in [0, 0.05) is 38.1 Å². The van der Waals surface area contributed by atoms with E-state index in [2.05, 4.69) is 15.3 Å². The van der Waals surface area contributed by atoms with Crippen LogP contribution in [-0.2, 0) is 0 Å². The Balaban J connectivity index is 1.46. The van der Waals surface area contributed by atoms with Crippen molar-refractivity contribution < 1.29 is 9.59 Å². The van der Waals surface area contributed by atoms with E-state index in [0.29, 0.717) is 30.1 Å². The van der Waals surface area contributed by atoms with E-state index in [1.807, 2.05) is 24.3 Å². The summed E-state index contributed by atoms with van der Waals surface area (Å²) < 4.78 is 0.996. The minimum atomic E-state index is -0.177. The van der Waals surface area contributed by atoms with E-state index in [1.54, 1.807) is 36.5 Å². The molecule has 0 radical (unpaired) electrons. The van der Waals surface area contributed by atoms with E-state index in [1.165, 1.54) is 11.3 Å². The molecule has 7 heteroatoms. The summed E-state index contributed by atoms with van der Waals surface area (Å²) in [6, 6.07) is 11.0. The number of aromatic nitrogens is 2. The first-order valence-corrected chi connectivity index (χ1v) is 8.76. The molecule has 0 saturated carbocycles. The molecule has 0 aliphatic rings. The van der Waals surface area contributed by atoms with E-state index in [9.17, 15) is 9.59 Å². The van der Waals surface area contributed by atoms with Crippen molar-refractivity contribution in [3.05, 3.63) is 59.4 Å². The van der Waals surface area contributed by atoms with E-state index < -0.39 is 0 Å². The molecule has 1 aromatic carbocycles. The van der Waals surface area contributed by atoms with E-state index >= 15 is 0 Å². The van der Waals surface area contributed by atoms with Crippen LogP contribution < -0.4 is 5.32 Å². The van der Waals surface area contributed by atoms with Gasteiger partial charge >= 0.3 is 0 Å². The fourth-order valence-electron chi connectivity index (χ4n) is 2.38. The maximum Gasteiger partial charge on any atom is 0.280 e. The summed E-state index contributed by atoms with van der Waals surface area (Å²) in [5.74, 6) is -0.232. The summed E-state index contributed by atoms with van der Waals surface area (Å²) in [5, 5.41) is 3.32. The van der Waals surface area contributed by atoms with Gasteiger partial charge in [-0.2, -0.15) is 0 Å². The summed E-state index contributed by atoms with van der Waals surface area (Å²) in [6.45, 7) is 1.05. The normalized spacial score (nSPS) is 10.6. The Bertz CT molecular complexity index is 846. The van der Waals surface area contributed by atoms with E-state index in [4.69, 9.17) is 0 Å². The van der Waals surface area contributed by atoms with Gasteiger partial charge in [0.2, 0.25) is 0 Å². The van der Waals surface area contributed by atoms with Crippen LogP contribution in [0.2, 0.25) is 0 Å². The smallest absolute Gasteiger partial charge is 0.280 e. The fourth-order valence-corrected chi connectivity index (χ4v) is 3.26. The number of thiazole rings is 1. The van der Waals surface area contributed by atoms with Crippen molar-refractivity contribution in [2.24, 2.45) is 0 Å². The SMILES string of the molecule is CN(CCCNC(=O)c1nc2ccccc2s1)C(=O)c1ccncc1. The van der Waals surface area contributed by atoms with E-state index in [-0.39, 0.29) is 11.8 Å². The van der Waals surface area contributed by atoms with Gasteiger partial charge in [0.1, 0.15) is 0 Å². The largest absolute Gasteiger partial charge is 0.350 e. The molecular formula is C18H18N4O2S. The average molecular weight is 354 g/mol. The van der Waals surface area contributed by atoms with Crippen molar-refractivity contribution in [2.45, 2.75) is 6.42 Å². The highest BCUT2D eigenvalue weighted by Crippen LogP contribution is 2.21. The predicted molar refractivity (Wildman–Crippen MR) is 97.8 cm³/mol. The minimum absolute atomic E-state index is 0.0556. The zero-order valence-electron chi connectivity index (χ0n) is 13.8. The van der Waals surface area contributed by atoms with Gasteiger partial charge in [-0.25, -0.2) is 4.98 Å². The molecule has 2 aromatic heterocycles. The van der Waals surface area contributed by atoms with E-state index in [0.717, 1.165) is 10.2 Å². The van der Waals surface area contributed by atoms with Crippen LogP contribution in [0.5, 0.6) is 0 Å². The fraction of sp³-hybridized carbons (Fsp3) is 0.222. The molecular weight excluding hydrogens is 336 g/mol. The molecule has 0 spiro atoms. The third kappa shape index (κ3) is 4.19. The van der Waals surface area contributed by atoms with Crippen molar-refractivity contribution in [3.63, 3.8) is 0 Å². The molecule has 1 N–H and O–H groups in total. The molecule has 2 amide bonds. The maximum atomic E-state index is 12.2. The van der Waals surface area contributed by atoms with Gasteiger partial charge in [-0.05, 0) is 30.7 Å². The lowest BCUT2D eigenvalue weighted by Gasteiger charge is -2.17. The zero-order valence-corrected chi connectivity index (χ0v) is 14.6. The summed E-state index contributed by atoms with van der Waals surface area (Å²) in [7, 11) is 1.75. The molecule has 3 rings (SSSR count). The van der Waals surface area contributed by atoms with Crippen molar-refractivity contribution in [3.8, 4) is 0 Å². The van der Waals surface area contributed by atoms with Gasteiger partial charge in [0.05, 0.1) is 10.2 Å². The number of hydrogen-bond donors (Lipinski definition) is 1. The Labute approximate surface area is 149 Å². The monoisotopic (exact) mass is 354 g/mol. The minimum Gasteiger partial charge on any atom is -0.350 e. The predicted octanol–water partition coefficient (Wildman–Crippen LogP) is 2.58. The number of carbonyl (C=O) groups excluding carboxylic acids is 2. The number of pyridine rings is 1. The molecule has 3 aromatic rings. The summed E-state index contributed by atoms with van der Waals surface area (Å²) in [6.07, 6.45) is 3.86. The Morgan fingerprint density at radius 1 is 1.16 bits per heavy atom. The summed E-state index contributed by atoms with van der Waals surface area (Å²) in [4.78, 5) is 34.2. The van der Waals surface area contributed by atoms with Crippen LogP contribution in [-0.4, -0.2) is 46.8 Å². The first-order valence-electron chi connectivity index (χ1n) is 7.94. The Kier molecular flexibility index (Phi) is 5.35. The van der Waals surface area contributed by atoms with Gasteiger partial charge < -0.3 is 10.2 Å². The molecule has 0 saturated heterocycles. The molecule has 0 atom stereocenters. The number of hydrogen-bond acceptors (Lipinski definition) is 5. The lowest BCUT2D eigenvalue weighted by Crippen LogP contribution is -2.31. The third-order valence-corrected chi connectivity index (χ3v) is 4.75. The van der Waals surface area contributed by atoms with Gasteiger partial charge in [-0.3, -0.25) is 14.6 Å². The average Bonchev–Trinajstić information content (AvgIpc) is 3.09. The molecule has 0 aliphatic carbocycles. The first kappa shape index (κ1) is 17.0. The van der Waals surface area contributed by atoms with Gasteiger partial charge in [-0.1, -0.05) is 12.1 Å². The Morgan fingerprint density at radius 2 is 1.92 bits per heavy atom. The molecule has 0 fully saturated rings. The van der Waals surface area contributed by atoms with Crippen LogP contribution in [0.4, 0.5) is 0 Å². The number of nitrogens with one attached hydrogen (secondary N) is 1. The lowest BCUT2D eigenvalue weighted by atomic mass is 10.2. The number of benzene rings is 1. The molecule has 0 aliphatic heterocycles. The Morgan fingerprint density at radius 3 is 2.68 bits per heavy atom. The van der Waals surface area contributed by atoms with Crippen LogP contribution in [0.1, 0.15) is 26.6 Å². The number of carbonyl (C=O) groups is 2. The molecule has 2 heterocycles. The van der Waals surface area contributed by atoms with Crippen LogP contribution in [0.15, 0.2) is 48.8 Å². The van der Waals surface area contributed by atoms with Crippen molar-refractivity contribution in [1.82, 2.24) is 20.2 Å². The standard InChI is InChI=1S/C18H18N4O2S/c1-22(18(24)13-7-10-19-11-8-13)12-4-9-20-16(23)17-21-14-5-2-3-6-15(14)25-17/h2-3,5-8,10-11H,4,9,12H2,1H3,(H,20,23). The quantitative estimate of drug-likeness (QED) is 0.691. The second-order valence-corrected chi connectivity index (χ2v) is 6.59. The second-order valence-electron chi connectivity index (χ2n) is 5.56. The number of fused-ring (bicyclic) bond motifs is 1. The summed E-state index contributed by atoms with van der Waals surface area (Å²) in [5.41, 5.74) is 1.44. The van der Waals surface area contributed by atoms with Crippen LogP contribution in [0.3, 0.4) is 0 Å². The number of para-hydroxylation sites is 1. The van der Waals surface area contributed by atoms with Crippen molar-refractivity contribution in [2.75, 3.05) is 20.1 Å². The van der Waals surface area contributed by atoms with Crippen molar-refractivity contribution in [1.29, 1.82) is 0 Å². The molecule has 0 bridgehead atoms. The lowest BCUT2D eigenvalue weighted by molar-refractivity contribution is 0.0793. The van der Waals surface area contributed by atoms with Crippen molar-refractivity contribution >= 4 is 33.4 Å². The van der Waals surface area contributed by atoms with Gasteiger partial charge in [0.25, 0.3) is 11.8 Å². The van der Waals surface area contributed by atoms with Gasteiger partial charge in [0.15, 0.2) is 5.01 Å². The highest BCUT2D eigenvalue weighted by molar-refractivity contribution is 7.20. The third-order valence-electron chi connectivity index (χ3n) is 3.72. The second kappa shape index (κ2) is 7.85. The topological polar surface area (TPSA) is 75.2 Å². The van der Waals surface area contributed by atoms with Crippen LogP contribution in [0.25, 0.3) is 10.2 Å². The first-order chi connectivity index (χ1) is 12.1. The maximum absolute atomic E-state index is 12.2. The molecule has 0 unspecified atom stereocenters. The molecule has 25 heavy (non-hydrogen) atoms. The zero-order chi connectivity index (χ0) is 17.6. The Hall–Kier alpha value is -2.80. The molecule has 6 nitrogen and oxygen atoms in total. The van der Waals surface area contributed by atoms with Crippen LogP contribution >= 0.6 is 11.3 Å².